The summed E-state index contributed by atoms with van der Waals surface area (Å²) in [6.45, 7) is 0.671. The van der Waals surface area contributed by atoms with Crippen molar-refractivity contribution >= 4 is 5.69 Å². The van der Waals surface area contributed by atoms with E-state index >= 15 is 0 Å². The van der Waals surface area contributed by atoms with Gasteiger partial charge in [0.05, 0.1) is 25.0 Å². The Morgan fingerprint density at radius 3 is 3.06 bits per heavy atom. The van der Waals surface area contributed by atoms with Crippen LogP contribution < -0.4 is 10.5 Å². The first kappa shape index (κ1) is 10.7. The lowest BCUT2D eigenvalue weighted by Gasteiger charge is -2.16. The van der Waals surface area contributed by atoms with Crippen molar-refractivity contribution in [3.8, 4) is 11.8 Å². The van der Waals surface area contributed by atoms with Gasteiger partial charge in [0.2, 0.25) is 0 Å². The van der Waals surface area contributed by atoms with Crippen molar-refractivity contribution in [2.75, 3.05) is 18.9 Å². The minimum Gasteiger partial charge on any atom is -0.484 e. The first-order valence-electron chi connectivity index (χ1n) is 4.89. The Hall–Kier alpha value is -1.80. The van der Waals surface area contributed by atoms with Crippen LogP contribution in [0.1, 0.15) is 0 Å². The van der Waals surface area contributed by atoms with Crippen LogP contribution in [0.3, 0.4) is 0 Å². The number of nitriles is 1. The van der Waals surface area contributed by atoms with Crippen LogP contribution in [-0.2, 0) is 4.74 Å². The standard InChI is InChI=1S/C11H11FN2O2/c12-8-1-2-9(14)10(3-8)16-11-6-15-5-7(11)4-13/h1-3,7,11H,5-6,14H2/t7-,11-/m1/s1. The van der Waals surface area contributed by atoms with Crippen LogP contribution in [-0.4, -0.2) is 19.3 Å². The number of anilines is 1. The highest BCUT2D eigenvalue weighted by molar-refractivity contribution is 5.52. The Kier molecular flexibility index (Phi) is 2.93. The Balaban J connectivity index is 2.14. The lowest BCUT2D eigenvalue weighted by atomic mass is 10.1. The third-order valence-corrected chi connectivity index (χ3v) is 2.45. The Morgan fingerprint density at radius 1 is 1.50 bits per heavy atom. The van der Waals surface area contributed by atoms with E-state index in [0.717, 1.165) is 0 Å². The highest BCUT2D eigenvalue weighted by Gasteiger charge is 2.30. The van der Waals surface area contributed by atoms with Gasteiger partial charge in [0.25, 0.3) is 0 Å². The average molecular weight is 222 g/mol. The van der Waals surface area contributed by atoms with Crippen molar-refractivity contribution in [3.63, 3.8) is 0 Å². The van der Waals surface area contributed by atoms with Gasteiger partial charge in [0.15, 0.2) is 0 Å². The van der Waals surface area contributed by atoms with Gasteiger partial charge in [0.1, 0.15) is 23.6 Å². The third kappa shape index (κ3) is 2.07. The lowest BCUT2D eigenvalue weighted by Crippen LogP contribution is -2.24. The van der Waals surface area contributed by atoms with Crippen molar-refractivity contribution in [1.82, 2.24) is 0 Å². The largest absolute Gasteiger partial charge is 0.484 e. The molecule has 16 heavy (non-hydrogen) atoms. The fourth-order valence-corrected chi connectivity index (χ4v) is 1.54. The summed E-state index contributed by atoms with van der Waals surface area (Å²) in [4.78, 5) is 0. The molecule has 1 aromatic rings. The number of ether oxygens (including phenoxy) is 2. The average Bonchev–Trinajstić information content (AvgIpc) is 2.71. The van der Waals surface area contributed by atoms with Gasteiger partial charge in [-0.15, -0.1) is 0 Å². The number of nitrogens with zero attached hydrogens (tertiary/aromatic N) is 1. The lowest BCUT2D eigenvalue weighted by molar-refractivity contribution is 0.140. The number of halogens is 1. The van der Waals surface area contributed by atoms with Crippen molar-refractivity contribution in [1.29, 1.82) is 5.26 Å². The van der Waals surface area contributed by atoms with Gasteiger partial charge in [-0.2, -0.15) is 5.26 Å². The molecule has 0 spiro atoms. The molecule has 0 radical (unpaired) electrons. The third-order valence-electron chi connectivity index (χ3n) is 2.45. The Bertz CT molecular complexity index is 430. The normalized spacial score (nSPS) is 24.0. The topological polar surface area (TPSA) is 68.3 Å². The summed E-state index contributed by atoms with van der Waals surface area (Å²) in [6.07, 6.45) is -0.380. The maximum atomic E-state index is 13.0. The highest BCUT2D eigenvalue weighted by atomic mass is 19.1. The van der Waals surface area contributed by atoms with E-state index in [4.69, 9.17) is 20.5 Å². The zero-order chi connectivity index (χ0) is 11.5. The van der Waals surface area contributed by atoms with E-state index in [1.54, 1.807) is 0 Å². The smallest absolute Gasteiger partial charge is 0.145 e. The van der Waals surface area contributed by atoms with Crippen LogP contribution in [0.2, 0.25) is 0 Å². The molecule has 1 saturated heterocycles. The summed E-state index contributed by atoms with van der Waals surface area (Å²) in [5.74, 6) is -0.491. The van der Waals surface area contributed by atoms with E-state index in [0.29, 0.717) is 18.9 Å². The molecule has 1 heterocycles. The molecule has 84 valence electrons. The second-order valence-electron chi connectivity index (χ2n) is 3.61. The van der Waals surface area contributed by atoms with E-state index in [1.165, 1.54) is 18.2 Å². The van der Waals surface area contributed by atoms with Crippen molar-refractivity contribution in [3.05, 3.63) is 24.0 Å². The fraction of sp³-hybridized carbons (Fsp3) is 0.364. The van der Waals surface area contributed by atoms with Crippen molar-refractivity contribution < 1.29 is 13.9 Å². The molecule has 0 aliphatic carbocycles. The number of nitrogens with two attached hydrogens (primary N) is 1. The predicted molar refractivity (Wildman–Crippen MR) is 55.2 cm³/mol. The Labute approximate surface area is 92.4 Å². The number of hydrogen-bond donors (Lipinski definition) is 1. The van der Waals surface area contributed by atoms with Gasteiger partial charge in [0, 0.05) is 6.07 Å². The maximum Gasteiger partial charge on any atom is 0.145 e. The molecule has 0 aromatic heterocycles. The monoisotopic (exact) mass is 222 g/mol. The molecular formula is C11H11FN2O2. The predicted octanol–water partition coefficient (Wildman–Crippen LogP) is 1.33. The van der Waals surface area contributed by atoms with Gasteiger partial charge in [-0.25, -0.2) is 4.39 Å². The summed E-state index contributed by atoms with van der Waals surface area (Å²) in [5, 5.41) is 8.82. The van der Waals surface area contributed by atoms with Gasteiger partial charge in [-0.1, -0.05) is 0 Å². The molecule has 0 bridgehead atoms. The van der Waals surface area contributed by atoms with E-state index in [9.17, 15) is 4.39 Å². The van der Waals surface area contributed by atoms with E-state index in [-0.39, 0.29) is 17.8 Å². The molecule has 0 amide bonds. The second-order valence-corrected chi connectivity index (χ2v) is 3.61. The van der Waals surface area contributed by atoms with Gasteiger partial charge >= 0.3 is 0 Å². The fourth-order valence-electron chi connectivity index (χ4n) is 1.54. The molecule has 5 heteroatoms. The molecule has 0 saturated carbocycles. The summed E-state index contributed by atoms with van der Waals surface area (Å²) in [6, 6.07) is 5.99. The van der Waals surface area contributed by atoms with Crippen LogP contribution in [0, 0.1) is 23.1 Å². The van der Waals surface area contributed by atoms with Crippen LogP contribution in [0.4, 0.5) is 10.1 Å². The molecule has 1 aliphatic heterocycles. The van der Waals surface area contributed by atoms with Gasteiger partial charge in [-0.3, -0.25) is 0 Å². The summed E-state index contributed by atoms with van der Waals surface area (Å²) in [7, 11) is 0. The number of hydrogen-bond acceptors (Lipinski definition) is 4. The Morgan fingerprint density at radius 2 is 2.31 bits per heavy atom. The molecule has 2 rings (SSSR count). The molecule has 1 aliphatic rings. The number of rotatable bonds is 2. The minimum absolute atomic E-state index is 0.260. The summed E-state index contributed by atoms with van der Waals surface area (Å²) in [5.41, 5.74) is 5.99. The number of nitrogen functional groups attached to an aromatic ring is 1. The maximum absolute atomic E-state index is 13.0. The molecule has 2 N–H and O–H groups in total. The van der Waals surface area contributed by atoms with Crippen LogP contribution in [0.15, 0.2) is 18.2 Å². The zero-order valence-corrected chi connectivity index (χ0v) is 8.52. The first-order chi connectivity index (χ1) is 7.70. The summed E-state index contributed by atoms with van der Waals surface area (Å²) >= 11 is 0. The zero-order valence-electron chi connectivity index (χ0n) is 8.52. The van der Waals surface area contributed by atoms with Crippen molar-refractivity contribution in [2.24, 2.45) is 5.92 Å². The van der Waals surface area contributed by atoms with E-state index in [1.807, 2.05) is 0 Å². The number of benzene rings is 1. The highest BCUT2D eigenvalue weighted by Crippen LogP contribution is 2.26. The molecule has 2 atom stereocenters. The minimum atomic E-state index is -0.420. The second kappa shape index (κ2) is 4.37. The SMILES string of the molecule is N#C[C@@H]1COC[C@H]1Oc1cc(F)ccc1N. The summed E-state index contributed by atoms with van der Waals surface area (Å²) < 4.78 is 23.6. The molecule has 1 aromatic carbocycles. The van der Waals surface area contributed by atoms with Crippen LogP contribution in [0.5, 0.6) is 5.75 Å². The molecule has 1 fully saturated rings. The van der Waals surface area contributed by atoms with Crippen molar-refractivity contribution in [2.45, 2.75) is 6.10 Å². The van der Waals surface area contributed by atoms with Gasteiger partial charge < -0.3 is 15.2 Å². The van der Waals surface area contributed by atoms with E-state index < -0.39 is 5.82 Å². The molecular weight excluding hydrogens is 211 g/mol. The van der Waals surface area contributed by atoms with Gasteiger partial charge in [-0.05, 0) is 12.1 Å². The first-order valence-corrected chi connectivity index (χ1v) is 4.89. The molecule has 4 nitrogen and oxygen atoms in total. The molecule has 0 unspecified atom stereocenters. The van der Waals surface area contributed by atoms with Crippen LogP contribution in [0.25, 0.3) is 0 Å². The van der Waals surface area contributed by atoms with E-state index in [2.05, 4.69) is 6.07 Å². The van der Waals surface area contributed by atoms with Crippen LogP contribution >= 0.6 is 0 Å². The quantitative estimate of drug-likeness (QED) is 0.766.